The summed E-state index contributed by atoms with van der Waals surface area (Å²) in [6.07, 6.45) is 0. The van der Waals surface area contributed by atoms with Gasteiger partial charge in [-0.1, -0.05) is 11.6 Å². The highest BCUT2D eigenvalue weighted by molar-refractivity contribution is 9.10. The number of urea groups is 1. The first kappa shape index (κ1) is 16.7. The highest BCUT2D eigenvalue weighted by atomic mass is 79.9. The zero-order chi connectivity index (χ0) is 15.3. The average molecular weight is 370 g/mol. The van der Waals surface area contributed by atoms with Crippen molar-refractivity contribution in [2.75, 3.05) is 19.0 Å². The molecule has 1 unspecified atom stereocenters. The van der Waals surface area contributed by atoms with Gasteiger partial charge >= 0.3 is 12.0 Å². The van der Waals surface area contributed by atoms with E-state index in [2.05, 4.69) is 31.3 Å². The molecule has 0 aliphatic carbocycles. The van der Waals surface area contributed by atoms with Gasteiger partial charge in [-0.3, -0.25) is 0 Å². The Balaban J connectivity index is 2.78. The first-order valence-electron chi connectivity index (χ1n) is 5.29. The van der Waals surface area contributed by atoms with Crippen molar-refractivity contribution < 1.29 is 23.8 Å². The lowest BCUT2D eigenvalue weighted by Crippen LogP contribution is -2.45. The van der Waals surface area contributed by atoms with Crippen molar-refractivity contribution in [3.8, 4) is 0 Å². The largest absolute Gasteiger partial charge is 0.480 e. The number of benzene rings is 1. The molecule has 0 spiro atoms. The highest BCUT2D eigenvalue weighted by Crippen LogP contribution is 2.31. The highest BCUT2D eigenvalue weighted by Gasteiger charge is 2.20. The number of carboxylic acids is 1. The van der Waals surface area contributed by atoms with Crippen molar-refractivity contribution in [1.82, 2.24) is 5.32 Å². The Kier molecular flexibility index (Phi) is 6.18. The molecule has 1 aromatic carbocycles. The predicted molar refractivity (Wildman–Crippen MR) is 74.6 cm³/mol. The van der Waals surface area contributed by atoms with E-state index in [0.29, 0.717) is 0 Å². The summed E-state index contributed by atoms with van der Waals surface area (Å²) in [4.78, 5) is 22.5. The number of nitrogens with one attached hydrogen (secondary N) is 2. The van der Waals surface area contributed by atoms with Gasteiger partial charge in [-0.25, -0.2) is 14.0 Å². The second kappa shape index (κ2) is 7.41. The lowest BCUT2D eigenvalue weighted by Gasteiger charge is -2.15. The van der Waals surface area contributed by atoms with Crippen molar-refractivity contribution in [3.63, 3.8) is 0 Å². The Morgan fingerprint density at radius 1 is 1.55 bits per heavy atom. The third kappa shape index (κ3) is 4.62. The number of carbonyl (C=O) groups is 2. The van der Waals surface area contributed by atoms with E-state index in [-0.39, 0.29) is 21.8 Å². The Morgan fingerprint density at radius 3 is 2.70 bits per heavy atom. The molecule has 0 heterocycles. The Hall–Kier alpha value is -1.38. The summed E-state index contributed by atoms with van der Waals surface area (Å²) in [6, 6.07) is 0.124. The normalized spacial score (nSPS) is 11.8. The molecule has 0 saturated carbocycles. The van der Waals surface area contributed by atoms with Crippen LogP contribution in [0.25, 0.3) is 0 Å². The van der Waals surface area contributed by atoms with Crippen LogP contribution in [0.4, 0.5) is 14.9 Å². The van der Waals surface area contributed by atoms with Crippen LogP contribution in [-0.2, 0) is 9.53 Å². The maximum atomic E-state index is 13.0. The quantitative estimate of drug-likeness (QED) is 0.744. The maximum absolute atomic E-state index is 13.0. The minimum atomic E-state index is -1.24. The zero-order valence-electron chi connectivity index (χ0n) is 10.2. The van der Waals surface area contributed by atoms with Gasteiger partial charge in [0.05, 0.1) is 17.3 Å². The van der Waals surface area contributed by atoms with Crippen LogP contribution in [-0.4, -0.2) is 36.9 Å². The number of halogens is 3. The topological polar surface area (TPSA) is 87.7 Å². The van der Waals surface area contributed by atoms with Crippen molar-refractivity contribution in [1.29, 1.82) is 0 Å². The molecule has 9 heteroatoms. The van der Waals surface area contributed by atoms with Gasteiger partial charge in [-0.15, -0.1) is 0 Å². The second-order valence-corrected chi connectivity index (χ2v) is 4.95. The van der Waals surface area contributed by atoms with Crippen molar-refractivity contribution >= 4 is 45.2 Å². The second-order valence-electron chi connectivity index (χ2n) is 3.69. The van der Waals surface area contributed by atoms with Crippen LogP contribution < -0.4 is 10.6 Å². The third-order valence-corrected chi connectivity index (χ3v) is 3.11. The van der Waals surface area contributed by atoms with Gasteiger partial charge in [-0.2, -0.15) is 0 Å². The van der Waals surface area contributed by atoms with E-state index in [0.717, 1.165) is 12.1 Å². The number of hydrogen-bond donors (Lipinski definition) is 3. The molecule has 0 saturated heterocycles. The minimum absolute atomic E-state index is 0.0226. The standard InChI is InChI=1S/C11H11BrClFN2O4/c1-20-4-8(10(17)18)15-11(19)16-9-6(12)2-5(14)3-7(9)13/h2-3,8H,4H2,1H3,(H,17,18)(H2,15,16,19). The van der Waals surface area contributed by atoms with Crippen LogP contribution in [0.2, 0.25) is 5.02 Å². The molecule has 6 nitrogen and oxygen atoms in total. The van der Waals surface area contributed by atoms with E-state index >= 15 is 0 Å². The summed E-state index contributed by atoms with van der Waals surface area (Å²) in [6.45, 7) is -0.193. The van der Waals surface area contributed by atoms with E-state index in [1.54, 1.807) is 0 Å². The van der Waals surface area contributed by atoms with Gasteiger partial charge in [-0.05, 0) is 28.1 Å². The molecular weight excluding hydrogens is 358 g/mol. The van der Waals surface area contributed by atoms with Crippen molar-refractivity contribution in [2.24, 2.45) is 0 Å². The lowest BCUT2D eigenvalue weighted by atomic mass is 10.3. The number of carboxylic acid groups (broad SMARTS) is 1. The van der Waals surface area contributed by atoms with Gasteiger partial charge in [0.1, 0.15) is 5.82 Å². The van der Waals surface area contributed by atoms with E-state index in [4.69, 9.17) is 16.7 Å². The number of hydrogen-bond acceptors (Lipinski definition) is 3. The summed E-state index contributed by atoms with van der Waals surface area (Å²) in [7, 11) is 1.31. The van der Waals surface area contributed by atoms with E-state index in [9.17, 15) is 14.0 Å². The molecule has 1 rings (SSSR count). The van der Waals surface area contributed by atoms with Gasteiger partial charge in [0.2, 0.25) is 0 Å². The molecule has 0 aromatic heterocycles. The van der Waals surface area contributed by atoms with E-state index in [1.165, 1.54) is 7.11 Å². The fraction of sp³-hybridized carbons (Fsp3) is 0.273. The third-order valence-electron chi connectivity index (χ3n) is 2.18. The van der Waals surface area contributed by atoms with Crippen LogP contribution in [0, 0.1) is 5.82 Å². The summed E-state index contributed by atoms with van der Waals surface area (Å²) >= 11 is 8.83. The molecule has 3 N–H and O–H groups in total. The van der Waals surface area contributed by atoms with Gasteiger partial charge in [0, 0.05) is 11.6 Å². The predicted octanol–water partition coefficient (Wildman–Crippen LogP) is 2.46. The first-order chi connectivity index (χ1) is 9.35. The maximum Gasteiger partial charge on any atom is 0.328 e. The SMILES string of the molecule is COCC(NC(=O)Nc1c(Cl)cc(F)cc1Br)C(=O)O. The molecule has 2 amide bonds. The Bertz CT molecular complexity index is 506. The average Bonchev–Trinajstić information content (AvgIpc) is 2.33. The molecule has 0 radical (unpaired) electrons. The molecule has 0 bridgehead atoms. The summed E-state index contributed by atoms with van der Waals surface area (Å²) in [5.74, 6) is -1.82. The van der Waals surface area contributed by atoms with Crippen molar-refractivity contribution in [3.05, 3.63) is 27.4 Å². The minimum Gasteiger partial charge on any atom is -0.480 e. The number of rotatable bonds is 5. The van der Waals surface area contributed by atoms with Crippen LogP contribution in [0.5, 0.6) is 0 Å². The fourth-order valence-electron chi connectivity index (χ4n) is 1.31. The molecule has 0 aliphatic rings. The Labute approximate surface area is 127 Å². The number of carbonyl (C=O) groups excluding carboxylic acids is 1. The van der Waals surface area contributed by atoms with Crippen LogP contribution >= 0.6 is 27.5 Å². The zero-order valence-corrected chi connectivity index (χ0v) is 12.6. The van der Waals surface area contributed by atoms with E-state index in [1.807, 2.05) is 0 Å². The fourth-order valence-corrected chi connectivity index (χ4v) is 2.21. The monoisotopic (exact) mass is 368 g/mol. The van der Waals surface area contributed by atoms with E-state index < -0.39 is 23.9 Å². The molecular formula is C11H11BrClFN2O4. The molecule has 20 heavy (non-hydrogen) atoms. The Morgan fingerprint density at radius 2 is 2.20 bits per heavy atom. The van der Waals surface area contributed by atoms with Crippen molar-refractivity contribution in [2.45, 2.75) is 6.04 Å². The number of anilines is 1. The smallest absolute Gasteiger partial charge is 0.328 e. The first-order valence-corrected chi connectivity index (χ1v) is 6.46. The molecule has 0 aliphatic heterocycles. The molecule has 0 fully saturated rings. The molecule has 1 aromatic rings. The summed E-state index contributed by atoms with van der Waals surface area (Å²) < 4.78 is 17.9. The van der Waals surface area contributed by atoms with Gasteiger partial charge < -0.3 is 20.5 Å². The molecule has 1 atom stereocenters. The summed E-state index contributed by atoms with van der Waals surface area (Å²) in [5, 5.41) is 13.4. The lowest BCUT2D eigenvalue weighted by molar-refractivity contribution is -0.140. The molecule has 110 valence electrons. The number of ether oxygens (including phenoxy) is 1. The van der Waals surface area contributed by atoms with Crippen LogP contribution in [0.1, 0.15) is 0 Å². The summed E-state index contributed by atoms with van der Waals surface area (Å²) in [5.41, 5.74) is 0.132. The van der Waals surface area contributed by atoms with Gasteiger partial charge in [0.25, 0.3) is 0 Å². The van der Waals surface area contributed by atoms with Gasteiger partial charge in [0.15, 0.2) is 6.04 Å². The number of aliphatic carboxylic acids is 1. The van der Waals surface area contributed by atoms with Crippen LogP contribution in [0.15, 0.2) is 16.6 Å². The number of methoxy groups -OCH3 is 1. The number of amides is 2. The van der Waals surface area contributed by atoms with Crippen LogP contribution in [0.3, 0.4) is 0 Å².